The predicted octanol–water partition coefficient (Wildman–Crippen LogP) is 3.40. The lowest BCUT2D eigenvalue weighted by Crippen LogP contribution is -2.39. The van der Waals surface area contributed by atoms with Crippen LogP contribution in [0.15, 0.2) is 23.2 Å². The molecule has 0 aliphatic heterocycles. The minimum Gasteiger partial charge on any atom is -0.389 e. The molecule has 0 amide bonds. The van der Waals surface area contributed by atoms with Gasteiger partial charge in [0.25, 0.3) is 0 Å². The molecule has 140 valence electrons. The van der Waals surface area contributed by atoms with Crippen molar-refractivity contribution in [1.29, 1.82) is 0 Å². The molecule has 1 aromatic rings. The molecule has 7 heteroatoms. The van der Waals surface area contributed by atoms with E-state index < -0.39 is 6.10 Å². The first kappa shape index (κ1) is 20.3. The minimum absolute atomic E-state index is 0.0502. The third-order valence-electron chi connectivity index (χ3n) is 3.95. The number of aliphatic hydroxyl groups is 1. The van der Waals surface area contributed by atoms with Crippen molar-refractivity contribution in [2.45, 2.75) is 38.8 Å². The van der Waals surface area contributed by atoms with Crippen molar-refractivity contribution < 1.29 is 9.84 Å². The van der Waals surface area contributed by atoms with Crippen LogP contribution >= 0.6 is 23.2 Å². The summed E-state index contributed by atoms with van der Waals surface area (Å²) in [5, 5.41) is 17.7. The van der Waals surface area contributed by atoms with Crippen molar-refractivity contribution in [3.8, 4) is 0 Å². The Balaban J connectivity index is 1.86. The van der Waals surface area contributed by atoms with E-state index in [2.05, 4.69) is 15.6 Å². The lowest BCUT2D eigenvalue weighted by molar-refractivity contribution is 0.0368. The third-order valence-corrected chi connectivity index (χ3v) is 4.51. The summed E-state index contributed by atoms with van der Waals surface area (Å²) in [6.45, 7) is 6.05. The average Bonchev–Trinajstić information content (AvgIpc) is 3.37. The number of hydrogen-bond acceptors (Lipinski definition) is 3. The summed E-state index contributed by atoms with van der Waals surface area (Å²) in [6.07, 6.45) is 1.88. The van der Waals surface area contributed by atoms with Crippen LogP contribution in [0.2, 0.25) is 10.0 Å². The Morgan fingerprint density at radius 3 is 2.80 bits per heavy atom. The molecule has 0 heterocycles. The molecule has 2 rings (SSSR count). The summed E-state index contributed by atoms with van der Waals surface area (Å²) in [5.74, 6) is 1.32. The van der Waals surface area contributed by atoms with E-state index in [4.69, 9.17) is 27.9 Å². The molecule has 1 aromatic carbocycles. The maximum absolute atomic E-state index is 10.0. The second-order valence-corrected chi connectivity index (χ2v) is 7.23. The van der Waals surface area contributed by atoms with Gasteiger partial charge in [-0.2, -0.15) is 0 Å². The standard InChI is InChI=1S/C18H27Cl2N3O2/c1-3-21-18(22-9-15(24)11-25-10-13-4-5-13)23-12(2)16-7-6-14(19)8-17(16)20/h6-8,12-13,15,24H,3-5,9-11H2,1-2H3,(H2,21,22,23). The normalized spacial score (nSPS) is 17.2. The average molecular weight is 388 g/mol. The molecule has 25 heavy (non-hydrogen) atoms. The van der Waals surface area contributed by atoms with Crippen LogP contribution in [-0.2, 0) is 4.74 Å². The Bertz CT molecular complexity index is 579. The van der Waals surface area contributed by atoms with Gasteiger partial charge in [-0.3, -0.25) is 4.99 Å². The number of guanidine groups is 1. The Morgan fingerprint density at radius 1 is 1.40 bits per heavy atom. The van der Waals surface area contributed by atoms with Crippen LogP contribution in [0.1, 0.15) is 38.3 Å². The molecule has 1 aliphatic carbocycles. The minimum atomic E-state index is -0.608. The van der Waals surface area contributed by atoms with Crippen LogP contribution in [0.25, 0.3) is 0 Å². The molecule has 1 fully saturated rings. The molecule has 5 nitrogen and oxygen atoms in total. The van der Waals surface area contributed by atoms with Crippen molar-refractivity contribution in [3.63, 3.8) is 0 Å². The Labute approximate surface area is 159 Å². The van der Waals surface area contributed by atoms with Gasteiger partial charge in [-0.05, 0) is 50.3 Å². The van der Waals surface area contributed by atoms with Crippen LogP contribution in [0, 0.1) is 5.92 Å². The second kappa shape index (κ2) is 10.2. The molecular formula is C18H27Cl2N3O2. The van der Waals surface area contributed by atoms with Crippen LogP contribution < -0.4 is 10.6 Å². The predicted molar refractivity (Wildman–Crippen MR) is 104 cm³/mol. The number of nitrogens with zero attached hydrogens (tertiary/aromatic N) is 1. The zero-order valence-electron chi connectivity index (χ0n) is 14.8. The van der Waals surface area contributed by atoms with E-state index in [1.807, 2.05) is 26.0 Å². The molecule has 0 aromatic heterocycles. The zero-order chi connectivity index (χ0) is 18.2. The highest BCUT2D eigenvalue weighted by molar-refractivity contribution is 6.35. The van der Waals surface area contributed by atoms with Crippen LogP contribution in [0.3, 0.4) is 0 Å². The fraction of sp³-hybridized carbons (Fsp3) is 0.611. The monoisotopic (exact) mass is 387 g/mol. The molecule has 0 spiro atoms. The van der Waals surface area contributed by atoms with Gasteiger partial charge in [0.1, 0.15) is 0 Å². The molecule has 1 saturated carbocycles. The highest BCUT2D eigenvalue weighted by atomic mass is 35.5. The quantitative estimate of drug-likeness (QED) is 0.448. The second-order valence-electron chi connectivity index (χ2n) is 6.39. The highest BCUT2D eigenvalue weighted by Gasteiger charge is 2.21. The fourth-order valence-corrected chi connectivity index (χ4v) is 2.93. The molecular weight excluding hydrogens is 361 g/mol. The summed E-state index contributed by atoms with van der Waals surface area (Å²) < 4.78 is 5.50. The van der Waals surface area contributed by atoms with E-state index in [9.17, 15) is 5.11 Å². The summed E-state index contributed by atoms with van der Waals surface area (Å²) in [6, 6.07) is 5.38. The van der Waals surface area contributed by atoms with E-state index in [0.717, 1.165) is 18.7 Å². The first-order valence-electron chi connectivity index (χ1n) is 8.75. The van der Waals surface area contributed by atoms with E-state index in [0.29, 0.717) is 28.5 Å². The SMILES string of the molecule is CCNC(=NCC(O)COCC1CC1)NC(C)c1ccc(Cl)cc1Cl. The molecule has 2 unspecified atom stereocenters. The van der Waals surface area contributed by atoms with Crippen molar-refractivity contribution in [2.75, 3.05) is 26.3 Å². The first-order chi connectivity index (χ1) is 12.0. The number of nitrogens with one attached hydrogen (secondary N) is 2. The van der Waals surface area contributed by atoms with Crippen molar-refractivity contribution >= 4 is 29.2 Å². The topological polar surface area (TPSA) is 65.9 Å². The van der Waals surface area contributed by atoms with Gasteiger partial charge in [0.05, 0.1) is 25.3 Å². The van der Waals surface area contributed by atoms with Crippen molar-refractivity contribution in [2.24, 2.45) is 10.9 Å². The lowest BCUT2D eigenvalue weighted by Gasteiger charge is -2.20. The summed E-state index contributed by atoms with van der Waals surface area (Å²) in [5.41, 5.74) is 0.935. The van der Waals surface area contributed by atoms with E-state index in [1.165, 1.54) is 12.8 Å². The molecule has 1 aliphatic rings. The smallest absolute Gasteiger partial charge is 0.191 e. The van der Waals surface area contributed by atoms with Gasteiger partial charge in [0.15, 0.2) is 5.96 Å². The van der Waals surface area contributed by atoms with Gasteiger partial charge >= 0.3 is 0 Å². The summed E-state index contributed by atoms with van der Waals surface area (Å²) >= 11 is 12.2. The molecule has 0 saturated heterocycles. The lowest BCUT2D eigenvalue weighted by atomic mass is 10.1. The zero-order valence-corrected chi connectivity index (χ0v) is 16.3. The number of rotatable bonds is 9. The van der Waals surface area contributed by atoms with Crippen molar-refractivity contribution in [1.82, 2.24) is 10.6 Å². The van der Waals surface area contributed by atoms with Gasteiger partial charge < -0.3 is 20.5 Å². The van der Waals surface area contributed by atoms with Gasteiger partial charge in [-0.15, -0.1) is 0 Å². The maximum atomic E-state index is 10.0. The van der Waals surface area contributed by atoms with Crippen molar-refractivity contribution in [3.05, 3.63) is 33.8 Å². The summed E-state index contributed by atoms with van der Waals surface area (Å²) in [4.78, 5) is 4.43. The molecule has 3 N–H and O–H groups in total. The Morgan fingerprint density at radius 2 is 2.16 bits per heavy atom. The van der Waals surface area contributed by atoms with Gasteiger partial charge in [0.2, 0.25) is 0 Å². The van der Waals surface area contributed by atoms with Crippen LogP contribution in [0.5, 0.6) is 0 Å². The number of ether oxygens (including phenoxy) is 1. The molecule has 0 bridgehead atoms. The van der Waals surface area contributed by atoms with E-state index in [-0.39, 0.29) is 12.6 Å². The van der Waals surface area contributed by atoms with Crippen LogP contribution in [0.4, 0.5) is 0 Å². The number of benzene rings is 1. The first-order valence-corrected chi connectivity index (χ1v) is 9.50. The number of aliphatic imine (C=N–C) groups is 1. The third kappa shape index (κ3) is 7.40. The highest BCUT2D eigenvalue weighted by Crippen LogP contribution is 2.28. The van der Waals surface area contributed by atoms with Gasteiger partial charge in [-0.1, -0.05) is 29.3 Å². The number of aliphatic hydroxyl groups excluding tert-OH is 1. The number of halogens is 2. The summed E-state index contributed by atoms with van der Waals surface area (Å²) in [7, 11) is 0. The fourth-order valence-electron chi connectivity index (χ4n) is 2.36. The maximum Gasteiger partial charge on any atom is 0.191 e. The van der Waals surface area contributed by atoms with E-state index >= 15 is 0 Å². The molecule has 0 radical (unpaired) electrons. The Kier molecular flexibility index (Phi) is 8.30. The van der Waals surface area contributed by atoms with Crippen LogP contribution in [-0.4, -0.2) is 43.5 Å². The largest absolute Gasteiger partial charge is 0.389 e. The van der Waals surface area contributed by atoms with E-state index in [1.54, 1.807) is 6.07 Å². The molecule has 2 atom stereocenters. The van der Waals surface area contributed by atoms with Gasteiger partial charge in [0, 0.05) is 23.2 Å². The number of hydrogen-bond donors (Lipinski definition) is 3. The van der Waals surface area contributed by atoms with Gasteiger partial charge in [-0.25, -0.2) is 0 Å². The Hall–Kier alpha value is -1.01.